The maximum Gasteiger partial charge on any atom is 0.253 e. The number of rotatable bonds is 7. The summed E-state index contributed by atoms with van der Waals surface area (Å²) in [7, 11) is 3.36. The van der Waals surface area contributed by atoms with Crippen LogP contribution >= 0.6 is 0 Å². The van der Waals surface area contributed by atoms with Crippen LogP contribution in [0.4, 0.5) is 0 Å². The van der Waals surface area contributed by atoms with Crippen LogP contribution in [0.15, 0.2) is 27.6 Å². The van der Waals surface area contributed by atoms with Gasteiger partial charge in [-0.1, -0.05) is 0 Å². The molecule has 0 fully saturated rings. The summed E-state index contributed by atoms with van der Waals surface area (Å²) in [4.78, 5) is 27.8. The van der Waals surface area contributed by atoms with Crippen molar-refractivity contribution in [2.24, 2.45) is 7.05 Å². The lowest BCUT2D eigenvalue weighted by atomic mass is 10.0. The second kappa shape index (κ2) is 7.79. The molecule has 1 amide bonds. The summed E-state index contributed by atoms with van der Waals surface area (Å²) in [6.07, 6.45) is 2.09. The zero-order valence-electron chi connectivity index (χ0n) is 16.0. The molecule has 1 atom stereocenters. The Morgan fingerprint density at radius 1 is 1.44 bits per heavy atom. The molecule has 0 saturated heterocycles. The molecule has 27 heavy (non-hydrogen) atoms. The number of hydrogen-bond acceptors (Lipinski definition) is 5. The Bertz CT molecular complexity index is 1000. The molecule has 0 unspecified atom stereocenters. The molecule has 0 bridgehead atoms. The average molecular weight is 372 g/mol. The molecule has 0 saturated carbocycles. The smallest absolute Gasteiger partial charge is 0.253 e. The van der Waals surface area contributed by atoms with Gasteiger partial charge < -0.3 is 19.5 Å². The first kappa shape index (κ1) is 18.9. The number of amides is 1. The van der Waals surface area contributed by atoms with Crippen LogP contribution in [-0.4, -0.2) is 34.4 Å². The van der Waals surface area contributed by atoms with Crippen molar-refractivity contribution in [1.29, 1.82) is 0 Å². The van der Waals surface area contributed by atoms with Crippen molar-refractivity contribution in [3.63, 3.8) is 0 Å². The van der Waals surface area contributed by atoms with E-state index in [0.717, 1.165) is 16.6 Å². The number of hydrogen-bond donors (Lipinski definition) is 2. The number of methoxy groups -OCH3 is 1. The lowest BCUT2D eigenvalue weighted by Crippen LogP contribution is -2.31. The predicted molar refractivity (Wildman–Crippen MR) is 101 cm³/mol. The fourth-order valence-corrected chi connectivity index (χ4v) is 3.41. The van der Waals surface area contributed by atoms with Gasteiger partial charge in [-0.25, -0.2) is 0 Å². The van der Waals surface area contributed by atoms with E-state index < -0.39 is 0 Å². The molecule has 8 heteroatoms. The fourth-order valence-electron chi connectivity index (χ4n) is 3.41. The van der Waals surface area contributed by atoms with Gasteiger partial charge in [-0.05, 0) is 38.0 Å². The third-order valence-electron chi connectivity index (χ3n) is 4.71. The van der Waals surface area contributed by atoms with Crippen molar-refractivity contribution in [1.82, 2.24) is 20.1 Å². The molecule has 3 heterocycles. The topological polar surface area (TPSA) is 102 Å². The maximum atomic E-state index is 12.5. The van der Waals surface area contributed by atoms with E-state index in [4.69, 9.17) is 9.15 Å². The quantitative estimate of drug-likeness (QED) is 0.660. The number of carbonyl (C=O) groups excluding carboxylic acids is 1. The van der Waals surface area contributed by atoms with E-state index in [-0.39, 0.29) is 23.9 Å². The van der Waals surface area contributed by atoms with E-state index in [1.54, 1.807) is 37.2 Å². The number of aryl methyl sites for hydroxylation is 3. The Kier molecular flexibility index (Phi) is 5.46. The van der Waals surface area contributed by atoms with Crippen LogP contribution in [0.1, 0.15) is 35.0 Å². The van der Waals surface area contributed by atoms with Crippen molar-refractivity contribution >= 4 is 16.9 Å². The highest BCUT2D eigenvalue weighted by Crippen LogP contribution is 2.21. The molecule has 8 nitrogen and oxygen atoms in total. The highest BCUT2D eigenvalue weighted by atomic mass is 16.5. The number of aromatic nitrogens is 3. The van der Waals surface area contributed by atoms with Crippen molar-refractivity contribution < 1.29 is 13.9 Å². The second-order valence-corrected chi connectivity index (χ2v) is 6.58. The first-order chi connectivity index (χ1) is 12.9. The van der Waals surface area contributed by atoms with Crippen LogP contribution in [-0.2, 0) is 23.0 Å². The zero-order valence-corrected chi connectivity index (χ0v) is 16.0. The highest BCUT2D eigenvalue weighted by molar-refractivity contribution is 5.83. The Labute approximate surface area is 156 Å². The molecule has 0 aliphatic carbocycles. The van der Waals surface area contributed by atoms with E-state index in [2.05, 4.69) is 15.4 Å². The Balaban J connectivity index is 1.75. The van der Waals surface area contributed by atoms with Crippen LogP contribution in [0.2, 0.25) is 0 Å². The van der Waals surface area contributed by atoms with Gasteiger partial charge in [-0.3, -0.25) is 14.3 Å². The Morgan fingerprint density at radius 2 is 2.22 bits per heavy atom. The van der Waals surface area contributed by atoms with Crippen molar-refractivity contribution in [3.05, 3.63) is 51.3 Å². The lowest BCUT2D eigenvalue weighted by Gasteiger charge is -2.16. The van der Waals surface area contributed by atoms with Gasteiger partial charge in [-0.15, -0.1) is 0 Å². The lowest BCUT2D eigenvalue weighted by molar-refractivity contribution is -0.122. The summed E-state index contributed by atoms with van der Waals surface area (Å²) >= 11 is 0. The largest absolute Gasteiger partial charge is 0.467 e. The van der Waals surface area contributed by atoms with Gasteiger partial charge in [0.1, 0.15) is 17.4 Å². The molecule has 0 aromatic carbocycles. The minimum Gasteiger partial charge on any atom is -0.467 e. The van der Waals surface area contributed by atoms with Gasteiger partial charge >= 0.3 is 0 Å². The van der Waals surface area contributed by atoms with Crippen molar-refractivity contribution in [2.75, 3.05) is 13.7 Å². The molecular formula is C19H24N4O4. The normalized spacial score (nSPS) is 12.4. The monoisotopic (exact) mass is 372 g/mol. The first-order valence-electron chi connectivity index (χ1n) is 8.79. The molecule has 3 aromatic rings. The molecular weight excluding hydrogens is 348 g/mol. The molecule has 3 aromatic heterocycles. The predicted octanol–water partition coefficient (Wildman–Crippen LogP) is 1.91. The molecule has 144 valence electrons. The summed E-state index contributed by atoms with van der Waals surface area (Å²) in [5.41, 5.74) is 2.84. The van der Waals surface area contributed by atoms with E-state index in [1.807, 2.05) is 13.8 Å². The zero-order chi connectivity index (χ0) is 19.6. The van der Waals surface area contributed by atoms with Gasteiger partial charge in [0.25, 0.3) is 5.56 Å². The number of furan rings is 1. The number of fused-ring (bicyclic) bond motifs is 1. The molecule has 0 aliphatic heterocycles. The molecule has 0 aliphatic rings. The van der Waals surface area contributed by atoms with Crippen LogP contribution in [0, 0.1) is 13.8 Å². The second-order valence-electron chi connectivity index (χ2n) is 6.58. The molecule has 0 radical (unpaired) electrons. The van der Waals surface area contributed by atoms with Gasteiger partial charge in [0.05, 0.1) is 18.6 Å². The third-order valence-corrected chi connectivity index (χ3v) is 4.71. The number of carbonyl (C=O) groups is 1. The van der Waals surface area contributed by atoms with E-state index in [0.29, 0.717) is 30.0 Å². The van der Waals surface area contributed by atoms with Crippen LogP contribution < -0.4 is 10.9 Å². The SMILES string of the molecule is COC[C@H](NC(=O)CCc1c(C)c2c(C)nn(C)c2[nH]c1=O)c1ccco1. The van der Waals surface area contributed by atoms with Crippen molar-refractivity contribution in [3.8, 4) is 0 Å². The van der Waals surface area contributed by atoms with Crippen molar-refractivity contribution in [2.45, 2.75) is 32.7 Å². The number of nitrogens with one attached hydrogen (secondary N) is 2. The van der Waals surface area contributed by atoms with Crippen LogP contribution in [0.3, 0.4) is 0 Å². The maximum absolute atomic E-state index is 12.5. The number of aromatic amines is 1. The van der Waals surface area contributed by atoms with Gasteiger partial charge in [0.15, 0.2) is 0 Å². The van der Waals surface area contributed by atoms with E-state index in [1.165, 1.54) is 0 Å². The summed E-state index contributed by atoms with van der Waals surface area (Å²) in [6, 6.07) is 3.19. The minimum absolute atomic E-state index is 0.171. The number of H-pyrrole nitrogens is 1. The fraction of sp³-hybridized carbons (Fsp3) is 0.421. The van der Waals surface area contributed by atoms with Gasteiger partial charge in [-0.2, -0.15) is 5.10 Å². The van der Waals surface area contributed by atoms with Crippen LogP contribution in [0.5, 0.6) is 0 Å². The summed E-state index contributed by atoms with van der Waals surface area (Å²) in [5, 5.41) is 8.19. The summed E-state index contributed by atoms with van der Waals surface area (Å²) < 4.78 is 12.2. The third kappa shape index (κ3) is 3.80. The molecule has 2 N–H and O–H groups in total. The van der Waals surface area contributed by atoms with E-state index >= 15 is 0 Å². The number of nitrogens with zero attached hydrogens (tertiary/aromatic N) is 2. The highest BCUT2D eigenvalue weighted by Gasteiger charge is 2.19. The first-order valence-corrected chi connectivity index (χ1v) is 8.79. The average Bonchev–Trinajstić information content (AvgIpc) is 3.23. The molecule has 3 rings (SSSR count). The molecule has 0 spiro atoms. The summed E-state index contributed by atoms with van der Waals surface area (Å²) in [6.45, 7) is 4.11. The summed E-state index contributed by atoms with van der Waals surface area (Å²) in [5.74, 6) is 0.460. The van der Waals surface area contributed by atoms with E-state index in [9.17, 15) is 9.59 Å². The van der Waals surface area contributed by atoms with Crippen LogP contribution in [0.25, 0.3) is 11.0 Å². The van der Waals surface area contributed by atoms with Gasteiger partial charge in [0, 0.05) is 31.5 Å². The Morgan fingerprint density at radius 3 is 2.89 bits per heavy atom. The minimum atomic E-state index is -0.361. The number of pyridine rings is 1. The number of ether oxygens (including phenoxy) is 1. The Hall–Kier alpha value is -2.87. The standard InChI is InChI=1S/C19H24N4O4/c1-11-13(19(25)21-18-17(11)12(2)22-23(18)3)7-8-16(24)20-14(10-26-4)15-6-5-9-27-15/h5-6,9,14H,7-8,10H2,1-4H3,(H,20,24)(H,21,25)/t14-/m0/s1. The van der Waals surface area contributed by atoms with Gasteiger partial charge in [0.2, 0.25) is 5.91 Å².